The van der Waals surface area contributed by atoms with Crippen molar-refractivity contribution < 1.29 is 57.8 Å². The van der Waals surface area contributed by atoms with Gasteiger partial charge in [0.25, 0.3) is 0 Å². The number of aromatic hydroxyl groups is 1. The Morgan fingerprint density at radius 2 is 1.25 bits per heavy atom. The first kappa shape index (κ1) is 65.4. The standard InChI is InChI=1S/C54H75IN14O12/c1-2-81-34-18-15-32(16-19-34)28-39(63-46(73)29-33-17-21-43(70)35(55)26-33)49(76)67-40(27-31-10-4-3-5-11-31)50(77)65-37(20-22-44(57)71)48(75)68-41(30-45(58)72)51(78)66-38(12-6-7-23-56)53(80)69-25-9-14-42(69)52(79)64-36(47(59)74)13-8-24-62-54(60)61/h3-5,10-11,15-19,21,26,36-42,70H,2,6-9,12-14,20,22-25,27-30,56H2,1H3,(H2,57,71)(H2,58,72)(H2,59,74)(H,63,73)(H,64,79)(H,65,77)(H,66,78)(H,67,76)(H,68,75)(H4,60,61,62)/t36-,37-,38-,39+,40-,41-,42-/m0/s1. The minimum absolute atomic E-state index is 0.00689. The largest absolute Gasteiger partial charge is 0.507 e. The second-order valence-corrected chi connectivity index (χ2v) is 20.5. The van der Waals surface area contributed by atoms with Crippen LogP contribution in [0.4, 0.5) is 0 Å². The maximum atomic E-state index is 14.5. The molecule has 0 spiro atoms. The summed E-state index contributed by atoms with van der Waals surface area (Å²) < 4.78 is 6.07. The molecule has 0 aliphatic carbocycles. The van der Waals surface area contributed by atoms with Crippen LogP contribution in [0.5, 0.6) is 11.5 Å². The first-order chi connectivity index (χ1) is 38.6. The Labute approximate surface area is 482 Å². The zero-order valence-corrected chi connectivity index (χ0v) is 47.3. The highest BCUT2D eigenvalue weighted by Gasteiger charge is 2.40. The number of likely N-dealkylation sites (tertiary alicyclic amines) is 1. The number of primary amides is 3. The van der Waals surface area contributed by atoms with Crippen LogP contribution in [-0.4, -0.2) is 144 Å². The van der Waals surface area contributed by atoms with Crippen LogP contribution >= 0.6 is 22.6 Å². The number of aliphatic imine (C=N–C) groups is 1. The Balaban J connectivity index is 1.60. The number of nitrogens with one attached hydrogen (secondary N) is 6. The summed E-state index contributed by atoms with van der Waals surface area (Å²) in [7, 11) is 0. The number of nitrogens with two attached hydrogens (primary N) is 6. The van der Waals surface area contributed by atoms with Gasteiger partial charge in [-0.15, -0.1) is 0 Å². The monoisotopic (exact) mass is 1240 g/mol. The highest BCUT2D eigenvalue weighted by Crippen LogP contribution is 2.23. The summed E-state index contributed by atoms with van der Waals surface area (Å²) in [4.78, 5) is 141. The van der Waals surface area contributed by atoms with E-state index in [1.54, 1.807) is 66.7 Å². The van der Waals surface area contributed by atoms with E-state index in [0.717, 1.165) is 0 Å². The number of benzene rings is 3. The van der Waals surface area contributed by atoms with Crippen LogP contribution in [0.15, 0.2) is 77.8 Å². The van der Waals surface area contributed by atoms with Crippen molar-refractivity contribution >= 4 is 87.6 Å². The van der Waals surface area contributed by atoms with Gasteiger partial charge in [0.15, 0.2) is 5.96 Å². The maximum absolute atomic E-state index is 14.5. The normalized spacial score (nSPS) is 15.0. The second-order valence-electron chi connectivity index (χ2n) is 19.4. The number of carbonyl (C=O) groups is 10. The van der Waals surface area contributed by atoms with Gasteiger partial charge in [-0.05, 0) is 128 Å². The van der Waals surface area contributed by atoms with Crippen molar-refractivity contribution in [1.82, 2.24) is 36.8 Å². The van der Waals surface area contributed by atoms with E-state index in [0.29, 0.717) is 58.3 Å². The van der Waals surface area contributed by atoms with Crippen LogP contribution in [0, 0.1) is 3.57 Å². The molecule has 4 rings (SSSR count). The van der Waals surface area contributed by atoms with Gasteiger partial charge in [0.05, 0.1) is 23.0 Å². The zero-order valence-electron chi connectivity index (χ0n) is 45.2. The van der Waals surface area contributed by atoms with E-state index in [-0.39, 0.29) is 69.9 Å². The molecule has 1 saturated heterocycles. The van der Waals surface area contributed by atoms with E-state index in [1.807, 2.05) is 29.5 Å². The highest BCUT2D eigenvalue weighted by molar-refractivity contribution is 14.1. The Bertz CT molecular complexity index is 2700. The van der Waals surface area contributed by atoms with E-state index >= 15 is 0 Å². The van der Waals surface area contributed by atoms with Gasteiger partial charge in [-0.3, -0.25) is 52.9 Å². The van der Waals surface area contributed by atoms with Crippen molar-refractivity contribution in [2.45, 2.75) is 133 Å². The van der Waals surface area contributed by atoms with E-state index < -0.39 is 121 Å². The Kier molecular flexibility index (Phi) is 27.1. The third-order valence-corrected chi connectivity index (χ3v) is 13.8. The smallest absolute Gasteiger partial charge is 0.245 e. The number of nitrogens with zero attached hydrogens (tertiary/aromatic N) is 2. The van der Waals surface area contributed by atoms with Gasteiger partial charge in [-0.25, -0.2) is 0 Å². The molecule has 1 heterocycles. The molecule has 0 aromatic heterocycles. The zero-order chi connectivity index (χ0) is 59.6. The fourth-order valence-corrected chi connectivity index (χ4v) is 9.43. The lowest BCUT2D eigenvalue weighted by molar-refractivity contribution is -0.142. The minimum atomic E-state index is -1.77. The molecule has 1 aliphatic rings. The number of amides is 10. The number of halogens is 1. The molecule has 19 N–H and O–H groups in total. The Morgan fingerprint density at radius 1 is 0.667 bits per heavy atom. The molecule has 0 unspecified atom stereocenters. The molecule has 1 aliphatic heterocycles. The number of carbonyl (C=O) groups excluding carboxylic acids is 10. The average molecular weight is 1240 g/mol. The molecule has 7 atom stereocenters. The van der Waals surface area contributed by atoms with Crippen molar-refractivity contribution in [1.29, 1.82) is 0 Å². The van der Waals surface area contributed by atoms with Gasteiger partial charge < -0.3 is 81.0 Å². The molecule has 26 nitrogen and oxygen atoms in total. The third-order valence-electron chi connectivity index (χ3n) is 13.0. The van der Waals surface area contributed by atoms with Crippen molar-refractivity contribution in [3.8, 4) is 11.5 Å². The lowest BCUT2D eigenvalue weighted by Gasteiger charge is -2.31. The van der Waals surface area contributed by atoms with Crippen molar-refractivity contribution in [3.05, 3.63) is 93.1 Å². The van der Waals surface area contributed by atoms with Crippen molar-refractivity contribution in [3.63, 3.8) is 0 Å². The lowest BCUT2D eigenvalue weighted by atomic mass is 10.0. The summed E-state index contributed by atoms with van der Waals surface area (Å²) in [6.45, 7) is 2.73. The van der Waals surface area contributed by atoms with Gasteiger partial charge in [0.1, 0.15) is 53.8 Å². The van der Waals surface area contributed by atoms with Gasteiger partial charge in [0, 0.05) is 32.4 Å². The van der Waals surface area contributed by atoms with Crippen LogP contribution in [0.1, 0.15) is 87.8 Å². The number of phenolic OH excluding ortho intramolecular Hbond substituents is 1. The number of rotatable bonds is 34. The SMILES string of the molecule is CCOc1ccc(C[C@@H](NC(=O)Cc2ccc(O)c(I)c2)C(=O)N[C@@H](Cc2ccccc2)C(=O)N[C@@H](CCC(N)=O)C(=O)N[C@@H](CC(N)=O)C(=O)N[C@@H](CCCCN)C(=O)N2CCC[C@H]2C(=O)N[C@@H](CCCN=C(N)N)C(N)=O)cc1. The van der Waals surface area contributed by atoms with E-state index in [2.05, 4.69) is 36.9 Å². The summed E-state index contributed by atoms with van der Waals surface area (Å²) >= 11 is 1.92. The molecule has 10 amide bonds. The fourth-order valence-electron chi connectivity index (χ4n) is 8.85. The van der Waals surface area contributed by atoms with Crippen LogP contribution < -0.4 is 71.0 Å². The number of hydrogen-bond acceptors (Lipinski definition) is 14. The molecular weight excluding hydrogens is 1160 g/mol. The van der Waals surface area contributed by atoms with Gasteiger partial charge >= 0.3 is 0 Å². The molecule has 0 bridgehead atoms. The third kappa shape index (κ3) is 22.5. The first-order valence-corrected chi connectivity index (χ1v) is 27.6. The molecule has 3 aromatic rings. The Hall–Kier alpha value is -8.08. The molecule has 81 heavy (non-hydrogen) atoms. The van der Waals surface area contributed by atoms with Gasteiger partial charge in [0.2, 0.25) is 59.1 Å². The van der Waals surface area contributed by atoms with Crippen LogP contribution in [0.3, 0.4) is 0 Å². The molecule has 0 saturated carbocycles. The Morgan fingerprint density at radius 3 is 1.85 bits per heavy atom. The van der Waals surface area contributed by atoms with E-state index in [9.17, 15) is 53.1 Å². The second kappa shape index (κ2) is 33.5. The highest BCUT2D eigenvalue weighted by atomic mass is 127. The topological polar surface area (TPSA) is 444 Å². The molecule has 0 radical (unpaired) electrons. The quantitative estimate of drug-likeness (QED) is 0.0135. The summed E-state index contributed by atoms with van der Waals surface area (Å²) in [5.74, 6) is -8.03. The lowest BCUT2D eigenvalue weighted by Crippen LogP contribution is -2.60. The van der Waals surface area contributed by atoms with Crippen LogP contribution in [0.25, 0.3) is 0 Å². The number of ether oxygens (including phenoxy) is 1. The molecular formula is C54H75IN14O12. The molecule has 1 fully saturated rings. The van der Waals surface area contributed by atoms with Crippen molar-refractivity contribution in [2.24, 2.45) is 39.4 Å². The van der Waals surface area contributed by atoms with Gasteiger partial charge in [-0.2, -0.15) is 0 Å². The number of unbranched alkanes of at least 4 members (excludes halogenated alkanes) is 1. The summed E-state index contributed by atoms with van der Waals surface area (Å²) in [5, 5.41) is 25.8. The predicted octanol–water partition coefficient (Wildman–Crippen LogP) is -1.87. The molecule has 27 heteroatoms. The number of guanidine groups is 1. The predicted molar refractivity (Wildman–Crippen MR) is 307 cm³/mol. The molecule has 3 aromatic carbocycles. The van der Waals surface area contributed by atoms with E-state index in [4.69, 9.17) is 39.1 Å². The van der Waals surface area contributed by atoms with Gasteiger partial charge in [-0.1, -0.05) is 48.5 Å². The fraction of sp³-hybridized carbons (Fsp3) is 0.463. The van der Waals surface area contributed by atoms with Crippen LogP contribution in [0.2, 0.25) is 0 Å². The summed E-state index contributed by atoms with van der Waals surface area (Å²) in [6, 6.07) is 10.4. The average Bonchev–Trinajstić information content (AvgIpc) is 3.92. The van der Waals surface area contributed by atoms with E-state index in [1.165, 1.54) is 11.0 Å². The minimum Gasteiger partial charge on any atom is -0.507 e. The molecule has 440 valence electrons. The summed E-state index contributed by atoms with van der Waals surface area (Å²) in [6.07, 6.45) is -0.311. The van der Waals surface area contributed by atoms with Crippen LogP contribution in [-0.2, 0) is 67.2 Å². The number of hydrogen-bond donors (Lipinski definition) is 13. The number of phenols is 1. The first-order valence-electron chi connectivity index (χ1n) is 26.5. The summed E-state index contributed by atoms with van der Waals surface area (Å²) in [5.41, 5.74) is 34.9. The van der Waals surface area contributed by atoms with Crippen molar-refractivity contribution in [2.75, 3.05) is 26.2 Å². The maximum Gasteiger partial charge on any atom is 0.245 e.